The number of nitrogens with one attached hydrogen (secondary N) is 1. The van der Waals surface area contributed by atoms with Crippen molar-refractivity contribution in [1.29, 1.82) is 5.26 Å². The molecule has 1 saturated heterocycles. The number of carbonyl (C=O) groups is 1. The molecule has 1 aliphatic heterocycles. The first-order valence-corrected chi connectivity index (χ1v) is 10.4. The topological polar surface area (TPSA) is 76.4 Å². The molecule has 2 aromatic rings. The number of hydrogen-bond donors (Lipinski definition) is 2. The van der Waals surface area contributed by atoms with Crippen LogP contribution < -0.4 is 10.2 Å². The van der Waals surface area contributed by atoms with Gasteiger partial charge in [0.05, 0.1) is 22.9 Å². The maximum Gasteiger partial charge on any atom is 0.256 e. The molecule has 0 bridgehead atoms. The molecule has 0 spiro atoms. The number of thiophene rings is 1. The van der Waals surface area contributed by atoms with E-state index in [2.05, 4.69) is 16.3 Å². The van der Waals surface area contributed by atoms with Crippen molar-refractivity contribution in [3.05, 3.63) is 45.1 Å². The van der Waals surface area contributed by atoms with Gasteiger partial charge in [0.1, 0.15) is 6.07 Å². The molecule has 2 heterocycles. The maximum atomic E-state index is 12.7. The van der Waals surface area contributed by atoms with E-state index in [1.54, 1.807) is 17.4 Å². The van der Waals surface area contributed by atoms with E-state index in [0.717, 1.165) is 43.6 Å². The van der Waals surface area contributed by atoms with Gasteiger partial charge < -0.3 is 15.3 Å². The van der Waals surface area contributed by atoms with Crippen LogP contribution in [0.4, 0.5) is 11.4 Å². The van der Waals surface area contributed by atoms with Gasteiger partial charge in [-0.1, -0.05) is 0 Å². The second kappa shape index (κ2) is 7.71. The van der Waals surface area contributed by atoms with Crippen molar-refractivity contribution >= 4 is 28.6 Å². The highest BCUT2D eigenvalue weighted by molar-refractivity contribution is 7.10. The summed E-state index contributed by atoms with van der Waals surface area (Å²) >= 11 is 1.68. The van der Waals surface area contributed by atoms with E-state index in [-0.39, 0.29) is 12.0 Å². The molecule has 140 valence electrons. The number of aliphatic hydroxyl groups excluding tert-OH is 1. The molecular formula is C21H23N3O2S. The molecule has 5 nitrogen and oxygen atoms in total. The lowest BCUT2D eigenvalue weighted by molar-refractivity contribution is 0.102. The van der Waals surface area contributed by atoms with Gasteiger partial charge in [0.15, 0.2) is 0 Å². The van der Waals surface area contributed by atoms with Gasteiger partial charge in [-0.2, -0.15) is 5.26 Å². The molecule has 0 saturated carbocycles. The molecule has 27 heavy (non-hydrogen) atoms. The Balaban J connectivity index is 1.52. The largest absolute Gasteiger partial charge is 0.393 e. The highest BCUT2D eigenvalue weighted by Crippen LogP contribution is 2.31. The molecule has 1 aliphatic carbocycles. The van der Waals surface area contributed by atoms with Crippen molar-refractivity contribution in [2.75, 3.05) is 23.3 Å². The Morgan fingerprint density at radius 1 is 1.26 bits per heavy atom. The SMILES string of the molecule is N#Cc1cc(NC(=O)c2csc3c2CCCC3)ccc1N1CCC(O)CC1. The van der Waals surface area contributed by atoms with E-state index >= 15 is 0 Å². The number of aryl methyl sites for hydroxylation is 1. The monoisotopic (exact) mass is 381 g/mol. The summed E-state index contributed by atoms with van der Waals surface area (Å²) in [6, 6.07) is 7.75. The minimum atomic E-state index is -0.248. The smallest absolute Gasteiger partial charge is 0.256 e. The first kappa shape index (κ1) is 18.0. The van der Waals surface area contributed by atoms with Crippen LogP contribution >= 0.6 is 11.3 Å². The van der Waals surface area contributed by atoms with Crippen LogP contribution in [0.2, 0.25) is 0 Å². The van der Waals surface area contributed by atoms with E-state index in [1.165, 1.54) is 16.9 Å². The number of hydrogen-bond acceptors (Lipinski definition) is 5. The third-order valence-corrected chi connectivity index (χ3v) is 6.57. The minimum absolute atomic E-state index is 0.0906. The Hall–Kier alpha value is -2.36. The van der Waals surface area contributed by atoms with Gasteiger partial charge in [-0.25, -0.2) is 0 Å². The van der Waals surface area contributed by atoms with Crippen molar-refractivity contribution in [3.63, 3.8) is 0 Å². The zero-order valence-electron chi connectivity index (χ0n) is 15.2. The summed E-state index contributed by atoms with van der Waals surface area (Å²) in [6.07, 6.45) is 5.58. The van der Waals surface area contributed by atoms with Gasteiger partial charge in [0, 0.05) is 29.0 Å². The number of piperidine rings is 1. The molecule has 0 atom stereocenters. The second-order valence-electron chi connectivity index (χ2n) is 7.27. The molecule has 2 N–H and O–H groups in total. The third-order valence-electron chi connectivity index (χ3n) is 5.49. The number of carbonyl (C=O) groups excluding carboxylic acids is 1. The minimum Gasteiger partial charge on any atom is -0.393 e. The molecular weight excluding hydrogens is 358 g/mol. The molecule has 2 aliphatic rings. The summed E-state index contributed by atoms with van der Waals surface area (Å²) in [6.45, 7) is 1.48. The van der Waals surface area contributed by atoms with Gasteiger partial charge >= 0.3 is 0 Å². The van der Waals surface area contributed by atoms with E-state index in [4.69, 9.17) is 0 Å². The van der Waals surface area contributed by atoms with Gasteiger partial charge in [0.2, 0.25) is 0 Å². The van der Waals surface area contributed by atoms with Crippen molar-refractivity contribution < 1.29 is 9.90 Å². The number of benzene rings is 1. The third kappa shape index (κ3) is 3.71. The summed E-state index contributed by atoms with van der Waals surface area (Å²) in [5, 5.41) is 24.2. The molecule has 1 fully saturated rings. The van der Waals surface area contributed by atoms with E-state index < -0.39 is 0 Å². The molecule has 1 aromatic carbocycles. The lowest BCUT2D eigenvalue weighted by Crippen LogP contribution is -2.36. The first-order valence-electron chi connectivity index (χ1n) is 9.53. The van der Waals surface area contributed by atoms with Crippen LogP contribution in [0.1, 0.15) is 52.0 Å². The first-order chi connectivity index (χ1) is 13.2. The molecule has 0 unspecified atom stereocenters. The number of nitriles is 1. The molecule has 1 amide bonds. The van der Waals surface area contributed by atoms with Gasteiger partial charge in [0.25, 0.3) is 5.91 Å². The zero-order chi connectivity index (χ0) is 18.8. The number of rotatable bonds is 3. The van der Waals surface area contributed by atoms with Crippen LogP contribution in [-0.2, 0) is 12.8 Å². The number of aliphatic hydroxyl groups is 1. The fraction of sp³-hybridized carbons (Fsp3) is 0.429. The molecule has 0 radical (unpaired) electrons. The highest BCUT2D eigenvalue weighted by atomic mass is 32.1. The Labute approximate surface area is 163 Å². The number of anilines is 2. The molecule has 6 heteroatoms. The Morgan fingerprint density at radius 2 is 2.04 bits per heavy atom. The normalized spacial score (nSPS) is 17.3. The van der Waals surface area contributed by atoms with E-state index in [0.29, 0.717) is 24.1 Å². The Kier molecular flexibility index (Phi) is 5.15. The van der Waals surface area contributed by atoms with Crippen LogP contribution in [0.25, 0.3) is 0 Å². The highest BCUT2D eigenvalue weighted by Gasteiger charge is 2.22. The summed E-state index contributed by atoms with van der Waals surface area (Å²) < 4.78 is 0. The van der Waals surface area contributed by atoms with Crippen molar-refractivity contribution in [2.45, 2.75) is 44.6 Å². The Bertz CT molecular complexity index is 891. The van der Waals surface area contributed by atoms with E-state index in [1.807, 2.05) is 17.5 Å². The van der Waals surface area contributed by atoms with Gasteiger partial charge in [-0.15, -0.1) is 11.3 Å². The number of amides is 1. The lowest BCUT2D eigenvalue weighted by atomic mass is 9.95. The summed E-state index contributed by atoms with van der Waals surface area (Å²) in [5.74, 6) is -0.0906. The molecule has 4 rings (SSSR count). The van der Waals surface area contributed by atoms with Crippen LogP contribution in [-0.4, -0.2) is 30.2 Å². The Morgan fingerprint density at radius 3 is 2.81 bits per heavy atom. The second-order valence-corrected chi connectivity index (χ2v) is 8.24. The zero-order valence-corrected chi connectivity index (χ0v) is 16.0. The fourth-order valence-corrected chi connectivity index (χ4v) is 5.09. The maximum absolute atomic E-state index is 12.7. The van der Waals surface area contributed by atoms with Crippen molar-refractivity contribution in [2.24, 2.45) is 0 Å². The molecule has 1 aromatic heterocycles. The average Bonchev–Trinajstić information content (AvgIpc) is 3.13. The van der Waals surface area contributed by atoms with E-state index in [9.17, 15) is 15.2 Å². The van der Waals surface area contributed by atoms with Crippen LogP contribution in [0.3, 0.4) is 0 Å². The van der Waals surface area contributed by atoms with Crippen LogP contribution in [0, 0.1) is 11.3 Å². The van der Waals surface area contributed by atoms with Crippen LogP contribution in [0.5, 0.6) is 0 Å². The standard InChI is InChI=1S/C21H23N3O2S/c22-12-14-11-15(5-6-19(14)24-9-7-16(25)8-10-24)23-21(26)18-13-27-20-4-2-1-3-17(18)20/h5-6,11,13,16,25H,1-4,7-10H2,(H,23,26). The number of nitrogens with zero attached hydrogens (tertiary/aromatic N) is 2. The quantitative estimate of drug-likeness (QED) is 0.850. The predicted molar refractivity (Wildman–Crippen MR) is 108 cm³/mol. The lowest BCUT2D eigenvalue weighted by Gasteiger charge is -2.32. The summed E-state index contributed by atoms with van der Waals surface area (Å²) in [4.78, 5) is 16.2. The fourth-order valence-electron chi connectivity index (χ4n) is 3.97. The number of fused-ring (bicyclic) bond motifs is 1. The van der Waals surface area contributed by atoms with Crippen molar-refractivity contribution in [3.8, 4) is 6.07 Å². The average molecular weight is 382 g/mol. The summed E-state index contributed by atoms with van der Waals surface area (Å²) in [5.41, 5.74) is 4.05. The predicted octanol–water partition coefficient (Wildman–Crippen LogP) is 3.71. The van der Waals surface area contributed by atoms with Crippen molar-refractivity contribution in [1.82, 2.24) is 0 Å². The van der Waals surface area contributed by atoms with Gasteiger partial charge in [-0.05, 0) is 62.3 Å². The summed E-state index contributed by atoms with van der Waals surface area (Å²) in [7, 11) is 0. The van der Waals surface area contributed by atoms with Crippen LogP contribution in [0.15, 0.2) is 23.6 Å². The van der Waals surface area contributed by atoms with Gasteiger partial charge in [-0.3, -0.25) is 4.79 Å².